The molecule has 1 aliphatic carbocycles. The van der Waals surface area contributed by atoms with Crippen molar-refractivity contribution in [3.63, 3.8) is 0 Å². The number of carbonyl (C=O) groups is 1. The molecule has 4 aromatic rings. The highest BCUT2D eigenvalue weighted by atomic mass is 32.1. The Morgan fingerprint density at radius 3 is 2.90 bits per heavy atom. The number of Topliss-reactive ketones (excluding diaryl/α,β-unsaturated/α-hetero) is 1. The Morgan fingerprint density at radius 2 is 2.10 bits per heavy atom. The number of carbonyl (C=O) groups excluding carboxylic acids is 1. The van der Waals surface area contributed by atoms with Crippen molar-refractivity contribution in [2.45, 2.75) is 52.6 Å². The van der Waals surface area contributed by atoms with Crippen LogP contribution < -0.4 is 5.56 Å². The van der Waals surface area contributed by atoms with Gasteiger partial charge in [0.15, 0.2) is 5.78 Å². The molecule has 0 amide bonds. The average molecular weight is 422 g/mol. The van der Waals surface area contributed by atoms with Crippen molar-refractivity contribution in [2.75, 3.05) is 0 Å². The predicted molar refractivity (Wildman–Crippen MR) is 117 cm³/mol. The molecule has 0 saturated heterocycles. The molecular formula is C23H23N3O3S. The van der Waals surface area contributed by atoms with Gasteiger partial charge in [-0.1, -0.05) is 0 Å². The number of hydrogen-bond donors (Lipinski definition) is 0. The molecule has 4 aromatic heterocycles. The summed E-state index contributed by atoms with van der Waals surface area (Å²) in [6, 6.07) is 5.67. The van der Waals surface area contributed by atoms with Crippen molar-refractivity contribution in [3.05, 3.63) is 74.3 Å². The molecule has 154 valence electrons. The molecule has 5 rings (SSSR count). The van der Waals surface area contributed by atoms with Crippen molar-refractivity contribution in [3.8, 4) is 0 Å². The zero-order chi connectivity index (χ0) is 20.8. The number of nitrogens with zero attached hydrogens (tertiary/aromatic N) is 3. The van der Waals surface area contributed by atoms with E-state index in [1.807, 2.05) is 32.0 Å². The monoisotopic (exact) mass is 421 g/mol. The third-order valence-corrected chi connectivity index (χ3v) is 7.22. The lowest BCUT2D eigenvalue weighted by molar-refractivity contribution is 0.0970. The van der Waals surface area contributed by atoms with Crippen molar-refractivity contribution in [1.29, 1.82) is 0 Å². The molecule has 0 fully saturated rings. The van der Waals surface area contributed by atoms with Crippen molar-refractivity contribution in [1.82, 2.24) is 14.1 Å². The van der Waals surface area contributed by atoms with Crippen LogP contribution in [0.3, 0.4) is 0 Å². The Morgan fingerprint density at radius 1 is 1.27 bits per heavy atom. The van der Waals surface area contributed by atoms with Gasteiger partial charge >= 0.3 is 0 Å². The van der Waals surface area contributed by atoms with E-state index in [9.17, 15) is 9.59 Å². The van der Waals surface area contributed by atoms with Crippen LogP contribution >= 0.6 is 11.3 Å². The minimum Gasteiger partial charge on any atom is -0.467 e. The summed E-state index contributed by atoms with van der Waals surface area (Å²) >= 11 is 1.63. The summed E-state index contributed by atoms with van der Waals surface area (Å²) in [6.07, 6.45) is 7.39. The van der Waals surface area contributed by atoms with Gasteiger partial charge in [0.25, 0.3) is 5.56 Å². The molecule has 4 heterocycles. The molecule has 0 unspecified atom stereocenters. The first-order valence-corrected chi connectivity index (χ1v) is 11.1. The van der Waals surface area contributed by atoms with Gasteiger partial charge in [-0.15, -0.1) is 11.3 Å². The van der Waals surface area contributed by atoms with E-state index in [4.69, 9.17) is 4.42 Å². The third-order valence-electron chi connectivity index (χ3n) is 6.02. The minimum absolute atomic E-state index is 0.00254. The number of hydrogen-bond acceptors (Lipinski definition) is 5. The highest BCUT2D eigenvalue weighted by molar-refractivity contribution is 7.18. The normalized spacial score (nSPS) is 13.7. The first-order valence-electron chi connectivity index (χ1n) is 10.2. The standard InChI is InChI=1S/C23H23N3O3S/c1-14-10-18(15(2)26(14)11-16-6-5-9-29-16)19(27)12-25-13-24-22-21(23(25)28)17-7-3-4-8-20(17)30-22/h5-6,9-10,13H,3-4,7-8,11-12H2,1-2H3. The fourth-order valence-electron chi connectivity index (χ4n) is 4.42. The highest BCUT2D eigenvalue weighted by Crippen LogP contribution is 2.33. The zero-order valence-electron chi connectivity index (χ0n) is 17.1. The van der Waals surface area contributed by atoms with Crippen LogP contribution in [0.1, 0.15) is 50.8 Å². The second kappa shape index (κ2) is 7.40. The fraction of sp³-hybridized carbons (Fsp3) is 0.348. The third kappa shape index (κ3) is 3.13. The topological polar surface area (TPSA) is 70.0 Å². The van der Waals surface area contributed by atoms with E-state index >= 15 is 0 Å². The highest BCUT2D eigenvalue weighted by Gasteiger charge is 2.22. The van der Waals surface area contributed by atoms with Crippen LogP contribution in [0, 0.1) is 13.8 Å². The molecule has 0 N–H and O–H groups in total. The second-order valence-corrected chi connectivity index (χ2v) is 9.03. The van der Waals surface area contributed by atoms with Gasteiger partial charge in [0.2, 0.25) is 0 Å². The summed E-state index contributed by atoms with van der Waals surface area (Å²) in [4.78, 5) is 32.8. The molecule has 6 nitrogen and oxygen atoms in total. The van der Waals surface area contributed by atoms with Crippen LogP contribution in [0.4, 0.5) is 0 Å². The lowest BCUT2D eigenvalue weighted by Gasteiger charge is -2.10. The minimum atomic E-state index is -0.0999. The Bertz CT molecular complexity index is 1310. The first-order chi connectivity index (χ1) is 14.5. The predicted octanol–water partition coefficient (Wildman–Crippen LogP) is 4.28. The van der Waals surface area contributed by atoms with E-state index in [1.165, 1.54) is 22.2 Å². The molecular weight excluding hydrogens is 398 g/mol. The summed E-state index contributed by atoms with van der Waals surface area (Å²) in [5, 5.41) is 0.716. The largest absolute Gasteiger partial charge is 0.467 e. The van der Waals surface area contributed by atoms with Gasteiger partial charge in [-0.2, -0.15) is 0 Å². The number of rotatable bonds is 5. The molecule has 0 radical (unpaired) electrons. The van der Waals surface area contributed by atoms with E-state index in [1.54, 1.807) is 17.6 Å². The smallest absolute Gasteiger partial charge is 0.262 e. The van der Waals surface area contributed by atoms with E-state index in [0.29, 0.717) is 17.5 Å². The quantitative estimate of drug-likeness (QED) is 0.451. The molecule has 0 bridgehead atoms. The van der Waals surface area contributed by atoms with Gasteiger partial charge in [-0.25, -0.2) is 4.98 Å². The van der Waals surface area contributed by atoms with Gasteiger partial charge < -0.3 is 8.98 Å². The number of ketones is 1. The van der Waals surface area contributed by atoms with E-state index in [0.717, 1.165) is 46.8 Å². The van der Waals surface area contributed by atoms with Crippen molar-refractivity contribution in [2.24, 2.45) is 0 Å². The molecule has 0 spiro atoms. The SMILES string of the molecule is Cc1cc(C(=O)Cn2cnc3sc4c(c3c2=O)CCCC4)c(C)n1Cc1ccco1. The number of furan rings is 1. The molecule has 7 heteroatoms. The van der Waals surface area contributed by atoms with Gasteiger partial charge in [-0.3, -0.25) is 14.2 Å². The Balaban J connectivity index is 1.46. The maximum Gasteiger partial charge on any atom is 0.262 e. The van der Waals surface area contributed by atoms with Gasteiger partial charge in [0, 0.05) is 21.8 Å². The maximum atomic E-state index is 13.2. The maximum absolute atomic E-state index is 13.2. The molecule has 0 aliphatic heterocycles. The molecule has 1 aliphatic rings. The van der Waals surface area contributed by atoms with Gasteiger partial charge in [0.1, 0.15) is 10.6 Å². The first kappa shape index (κ1) is 19.1. The summed E-state index contributed by atoms with van der Waals surface area (Å²) in [6.45, 7) is 4.48. The summed E-state index contributed by atoms with van der Waals surface area (Å²) in [5.41, 5.74) is 3.55. The molecule has 0 saturated carbocycles. The number of aryl methyl sites for hydroxylation is 3. The van der Waals surface area contributed by atoms with Gasteiger partial charge in [-0.05, 0) is 63.3 Å². The fourth-order valence-corrected chi connectivity index (χ4v) is 5.64. The summed E-state index contributed by atoms with van der Waals surface area (Å²) in [7, 11) is 0. The van der Waals surface area contributed by atoms with E-state index in [-0.39, 0.29) is 17.9 Å². The Kier molecular flexibility index (Phi) is 4.70. The second-order valence-electron chi connectivity index (χ2n) is 7.94. The van der Waals surface area contributed by atoms with Crippen LogP contribution in [0.25, 0.3) is 10.2 Å². The van der Waals surface area contributed by atoms with E-state index in [2.05, 4.69) is 9.55 Å². The molecule has 0 atom stereocenters. The average Bonchev–Trinajstić information content (AvgIpc) is 3.44. The van der Waals surface area contributed by atoms with Crippen LogP contribution in [0.15, 0.2) is 40.0 Å². The summed E-state index contributed by atoms with van der Waals surface area (Å²) < 4.78 is 8.97. The van der Waals surface area contributed by atoms with E-state index < -0.39 is 0 Å². The van der Waals surface area contributed by atoms with Crippen molar-refractivity contribution >= 4 is 27.3 Å². The Hall–Kier alpha value is -2.93. The van der Waals surface area contributed by atoms with Crippen LogP contribution in [-0.4, -0.2) is 19.9 Å². The van der Waals surface area contributed by atoms with Gasteiger partial charge in [0.05, 0.1) is 31.1 Å². The lowest BCUT2D eigenvalue weighted by Crippen LogP contribution is -2.25. The van der Waals surface area contributed by atoms with Crippen molar-refractivity contribution < 1.29 is 9.21 Å². The Labute approximate surface area is 177 Å². The summed E-state index contributed by atoms with van der Waals surface area (Å²) in [5.74, 6) is 0.755. The zero-order valence-corrected chi connectivity index (χ0v) is 17.9. The number of fused-ring (bicyclic) bond motifs is 3. The van der Waals surface area contributed by atoms with Crippen LogP contribution in [0.2, 0.25) is 0 Å². The lowest BCUT2D eigenvalue weighted by atomic mass is 9.97. The van der Waals surface area contributed by atoms with Crippen LogP contribution in [-0.2, 0) is 25.9 Å². The van der Waals surface area contributed by atoms with Crippen LogP contribution in [0.5, 0.6) is 0 Å². The molecule has 30 heavy (non-hydrogen) atoms. The number of thiophene rings is 1. The molecule has 0 aromatic carbocycles. The number of aromatic nitrogens is 3.